The molecule has 0 spiro atoms. The monoisotopic (exact) mass is 294 g/mol. The van der Waals surface area contributed by atoms with Crippen molar-refractivity contribution in [3.05, 3.63) is 24.3 Å². The lowest BCUT2D eigenvalue weighted by atomic mass is 10.2. The van der Waals surface area contributed by atoms with Crippen LogP contribution in [0.4, 0.5) is 11.4 Å². The van der Waals surface area contributed by atoms with Gasteiger partial charge in [0.05, 0.1) is 25.6 Å². The summed E-state index contributed by atoms with van der Waals surface area (Å²) < 4.78 is 8.62. The predicted molar refractivity (Wildman–Crippen MR) is 72.5 cm³/mol. The van der Waals surface area contributed by atoms with Gasteiger partial charge in [0.25, 0.3) is 0 Å². The number of amides is 2. The molecule has 0 radical (unpaired) electrons. The molecular formula is C13H14N2O6. The second-order valence-electron chi connectivity index (χ2n) is 3.82. The van der Waals surface area contributed by atoms with Gasteiger partial charge in [0, 0.05) is 7.05 Å². The molecule has 8 heteroatoms. The molecule has 8 nitrogen and oxygen atoms in total. The van der Waals surface area contributed by atoms with Crippen molar-refractivity contribution < 1.29 is 28.7 Å². The van der Waals surface area contributed by atoms with E-state index in [4.69, 9.17) is 0 Å². The molecule has 0 aliphatic carbocycles. The SMILES string of the molecule is COC(=O)C(=O)Nc1ccccc1N(C)C(=O)C(=O)OC. The molecule has 0 aromatic heterocycles. The summed E-state index contributed by atoms with van der Waals surface area (Å²) in [5.74, 6) is -4.04. The molecule has 2 amide bonds. The molecule has 0 bridgehead atoms. The Kier molecular flexibility index (Phi) is 5.41. The predicted octanol–water partition coefficient (Wildman–Crippen LogP) is -0.0661. The topological polar surface area (TPSA) is 102 Å². The van der Waals surface area contributed by atoms with Crippen molar-refractivity contribution in [2.24, 2.45) is 0 Å². The molecule has 0 saturated heterocycles. The number of esters is 2. The standard InChI is InChI=1S/C13H14N2O6/c1-15(11(17)13(19)21-3)9-7-5-4-6-8(9)14-10(16)12(18)20-2/h4-7H,1-3H3,(H,14,16). The molecule has 0 aliphatic heterocycles. The van der Waals surface area contributed by atoms with Crippen LogP contribution < -0.4 is 10.2 Å². The van der Waals surface area contributed by atoms with E-state index in [9.17, 15) is 19.2 Å². The first-order chi connectivity index (χ1) is 9.92. The molecule has 21 heavy (non-hydrogen) atoms. The van der Waals surface area contributed by atoms with Gasteiger partial charge in [-0.05, 0) is 12.1 Å². The number of methoxy groups -OCH3 is 2. The number of carbonyl (C=O) groups is 4. The van der Waals surface area contributed by atoms with Crippen LogP contribution >= 0.6 is 0 Å². The Labute approximate surface area is 120 Å². The molecule has 0 heterocycles. The summed E-state index contributed by atoms with van der Waals surface area (Å²) >= 11 is 0. The van der Waals surface area contributed by atoms with E-state index in [1.165, 1.54) is 19.2 Å². The number of rotatable bonds is 2. The minimum Gasteiger partial charge on any atom is -0.462 e. The molecule has 1 aromatic carbocycles. The van der Waals surface area contributed by atoms with Crippen LogP contribution in [0.25, 0.3) is 0 Å². The fraction of sp³-hybridized carbons (Fsp3) is 0.231. The van der Waals surface area contributed by atoms with Crippen molar-refractivity contribution in [3.63, 3.8) is 0 Å². The second kappa shape index (κ2) is 7.04. The van der Waals surface area contributed by atoms with Gasteiger partial charge in [-0.2, -0.15) is 0 Å². The normalized spacial score (nSPS) is 9.48. The number of anilines is 2. The van der Waals surface area contributed by atoms with Gasteiger partial charge in [-0.3, -0.25) is 9.59 Å². The van der Waals surface area contributed by atoms with E-state index in [2.05, 4.69) is 14.8 Å². The van der Waals surface area contributed by atoms with Gasteiger partial charge in [-0.25, -0.2) is 9.59 Å². The summed E-state index contributed by atoms with van der Waals surface area (Å²) in [4.78, 5) is 46.6. The van der Waals surface area contributed by atoms with Gasteiger partial charge in [0.1, 0.15) is 0 Å². The van der Waals surface area contributed by atoms with Crippen molar-refractivity contribution in [1.29, 1.82) is 0 Å². The maximum atomic E-state index is 11.7. The summed E-state index contributed by atoms with van der Waals surface area (Å²) in [5, 5.41) is 2.29. The largest absolute Gasteiger partial charge is 0.462 e. The molecule has 0 fully saturated rings. The van der Waals surface area contributed by atoms with Crippen LogP contribution in [-0.4, -0.2) is 45.0 Å². The van der Waals surface area contributed by atoms with E-state index in [-0.39, 0.29) is 11.4 Å². The lowest BCUT2D eigenvalue weighted by Crippen LogP contribution is -2.35. The summed E-state index contributed by atoms with van der Waals surface area (Å²) in [7, 11) is 3.49. The summed E-state index contributed by atoms with van der Waals surface area (Å²) in [6, 6.07) is 6.15. The van der Waals surface area contributed by atoms with Gasteiger partial charge in [-0.15, -0.1) is 0 Å². The smallest absolute Gasteiger partial charge is 0.397 e. The van der Waals surface area contributed by atoms with Crippen LogP contribution in [-0.2, 0) is 28.7 Å². The minimum absolute atomic E-state index is 0.174. The Morgan fingerprint density at radius 1 is 1.00 bits per heavy atom. The maximum Gasteiger partial charge on any atom is 0.397 e. The Balaban J connectivity index is 3.04. The molecule has 0 unspecified atom stereocenters. The van der Waals surface area contributed by atoms with E-state index in [0.29, 0.717) is 0 Å². The van der Waals surface area contributed by atoms with Crippen LogP contribution in [0.5, 0.6) is 0 Å². The first-order valence-electron chi connectivity index (χ1n) is 5.76. The highest BCUT2D eigenvalue weighted by molar-refractivity contribution is 6.39. The highest BCUT2D eigenvalue weighted by atomic mass is 16.5. The minimum atomic E-state index is -1.08. The number of benzene rings is 1. The lowest BCUT2D eigenvalue weighted by Gasteiger charge is -2.19. The molecular weight excluding hydrogens is 280 g/mol. The van der Waals surface area contributed by atoms with Gasteiger partial charge in [-0.1, -0.05) is 12.1 Å². The third-order valence-corrected chi connectivity index (χ3v) is 2.55. The van der Waals surface area contributed by atoms with Crippen LogP contribution in [0, 0.1) is 0 Å². The maximum absolute atomic E-state index is 11.7. The highest BCUT2D eigenvalue weighted by Crippen LogP contribution is 2.24. The van der Waals surface area contributed by atoms with Gasteiger partial charge in [0.2, 0.25) is 0 Å². The van der Waals surface area contributed by atoms with Crippen molar-refractivity contribution in [2.75, 3.05) is 31.5 Å². The van der Waals surface area contributed by atoms with E-state index in [1.54, 1.807) is 12.1 Å². The van der Waals surface area contributed by atoms with E-state index in [0.717, 1.165) is 19.1 Å². The molecule has 1 N–H and O–H groups in total. The fourth-order valence-corrected chi connectivity index (χ4v) is 1.47. The third-order valence-electron chi connectivity index (χ3n) is 2.55. The molecule has 0 saturated carbocycles. The number of nitrogens with zero attached hydrogens (tertiary/aromatic N) is 1. The lowest BCUT2D eigenvalue weighted by molar-refractivity contribution is -0.151. The number of nitrogens with one attached hydrogen (secondary N) is 1. The number of carbonyl (C=O) groups excluding carboxylic acids is 4. The van der Waals surface area contributed by atoms with Crippen LogP contribution in [0.15, 0.2) is 24.3 Å². The number of ether oxygens (including phenoxy) is 2. The van der Waals surface area contributed by atoms with Crippen LogP contribution in [0.2, 0.25) is 0 Å². The van der Waals surface area contributed by atoms with Crippen molar-refractivity contribution in [2.45, 2.75) is 0 Å². The fourth-order valence-electron chi connectivity index (χ4n) is 1.47. The molecule has 1 rings (SSSR count). The zero-order valence-corrected chi connectivity index (χ0v) is 11.7. The van der Waals surface area contributed by atoms with E-state index >= 15 is 0 Å². The number of likely N-dealkylation sites (N-methyl/N-ethyl adjacent to an activating group) is 1. The van der Waals surface area contributed by atoms with Crippen LogP contribution in [0.3, 0.4) is 0 Å². The highest BCUT2D eigenvalue weighted by Gasteiger charge is 2.23. The summed E-state index contributed by atoms with van der Waals surface area (Å²) in [6.45, 7) is 0. The number of para-hydroxylation sites is 2. The molecule has 1 aromatic rings. The average molecular weight is 294 g/mol. The Morgan fingerprint density at radius 2 is 1.57 bits per heavy atom. The zero-order chi connectivity index (χ0) is 16.0. The Bertz CT molecular complexity index is 584. The molecule has 112 valence electrons. The first-order valence-corrected chi connectivity index (χ1v) is 5.76. The number of hydrogen-bond donors (Lipinski definition) is 1. The molecule has 0 atom stereocenters. The Hall–Kier alpha value is -2.90. The average Bonchev–Trinajstić information content (AvgIpc) is 2.52. The van der Waals surface area contributed by atoms with Gasteiger partial charge in [0.15, 0.2) is 0 Å². The quantitative estimate of drug-likeness (QED) is 0.605. The van der Waals surface area contributed by atoms with Gasteiger partial charge < -0.3 is 19.7 Å². The van der Waals surface area contributed by atoms with E-state index < -0.39 is 23.8 Å². The van der Waals surface area contributed by atoms with Crippen molar-refractivity contribution >= 4 is 35.1 Å². The second-order valence-corrected chi connectivity index (χ2v) is 3.82. The summed E-state index contributed by atoms with van der Waals surface area (Å²) in [6.07, 6.45) is 0. The van der Waals surface area contributed by atoms with Crippen molar-refractivity contribution in [1.82, 2.24) is 0 Å². The first kappa shape index (κ1) is 16.2. The molecule has 0 aliphatic rings. The van der Waals surface area contributed by atoms with E-state index in [1.807, 2.05) is 0 Å². The Morgan fingerprint density at radius 3 is 2.14 bits per heavy atom. The zero-order valence-electron chi connectivity index (χ0n) is 11.7. The van der Waals surface area contributed by atoms with Crippen molar-refractivity contribution in [3.8, 4) is 0 Å². The van der Waals surface area contributed by atoms with Gasteiger partial charge >= 0.3 is 23.8 Å². The number of hydrogen-bond acceptors (Lipinski definition) is 6. The summed E-state index contributed by atoms with van der Waals surface area (Å²) in [5.41, 5.74) is 0.401. The third kappa shape index (κ3) is 3.78. The van der Waals surface area contributed by atoms with Crippen LogP contribution in [0.1, 0.15) is 0 Å².